The molecule has 3 heteroatoms. The summed E-state index contributed by atoms with van der Waals surface area (Å²) in [5.41, 5.74) is 5.43. The highest BCUT2D eigenvalue weighted by atomic mass is 16.6. The second kappa shape index (κ2) is 5.15. The van der Waals surface area contributed by atoms with E-state index in [1.165, 1.54) is 0 Å². The highest BCUT2D eigenvalue weighted by Gasteiger charge is 2.31. The van der Waals surface area contributed by atoms with Crippen LogP contribution in [0.1, 0.15) is 40.5 Å². The van der Waals surface area contributed by atoms with Crippen LogP contribution in [0.25, 0.3) is 0 Å². The lowest BCUT2D eigenvalue weighted by Gasteiger charge is -2.32. The quantitative estimate of drug-likeness (QED) is 0.419. The predicted molar refractivity (Wildman–Crippen MR) is 57.6 cm³/mol. The Morgan fingerprint density at radius 1 is 1.50 bits per heavy atom. The van der Waals surface area contributed by atoms with Gasteiger partial charge in [-0.25, -0.2) is 4.79 Å². The van der Waals surface area contributed by atoms with Gasteiger partial charge in [-0.3, -0.25) is 5.73 Å². The predicted octanol–water partition coefficient (Wildman–Crippen LogP) is 2.22. The Bertz CT molecular complexity index is 217. The van der Waals surface area contributed by atoms with Crippen molar-refractivity contribution in [1.29, 1.82) is 0 Å². The van der Waals surface area contributed by atoms with E-state index in [2.05, 4.69) is 6.58 Å². The summed E-state index contributed by atoms with van der Waals surface area (Å²) in [4.78, 5) is 11.3. The van der Waals surface area contributed by atoms with Crippen molar-refractivity contribution in [2.75, 3.05) is 0 Å². The van der Waals surface area contributed by atoms with Crippen LogP contribution in [0.15, 0.2) is 12.2 Å². The number of hydrogen-bond donors (Lipinski definition) is 1. The van der Waals surface area contributed by atoms with Crippen LogP contribution in [0.5, 0.6) is 0 Å². The monoisotopic (exact) mass is 199 g/mol. The first-order chi connectivity index (χ1) is 6.35. The molecule has 14 heavy (non-hydrogen) atoms. The van der Waals surface area contributed by atoms with Gasteiger partial charge in [-0.05, 0) is 26.7 Å². The standard InChI is InChI=1S/C11H21NO2/c1-6-9(7-2)11(5,12)14-10(13)8(3)4/h9H,3,6-7,12H2,1-2,4-5H3. The van der Waals surface area contributed by atoms with Gasteiger partial charge in [0.1, 0.15) is 0 Å². The lowest BCUT2D eigenvalue weighted by molar-refractivity contribution is -0.158. The van der Waals surface area contributed by atoms with E-state index in [9.17, 15) is 4.79 Å². The molecule has 0 aliphatic carbocycles. The highest BCUT2D eigenvalue weighted by molar-refractivity contribution is 5.87. The number of ether oxygens (including phenoxy) is 1. The summed E-state index contributed by atoms with van der Waals surface area (Å²) >= 11 is 0. The van der Waals surface area contributed by atoms with Crippen LogP contribution in [0, 0.1) is 5.92 Å². The van der Waals surface area contributed by atoms with Gasteiger partial charge in [0.05, 0.1) is 0 Å². The summed E-state index contributed by atoms with van der Waals surface area (Å²) < 4.78 is 5.18. The molecule has 0 aromatic heterocycles. The summed E-state index contributed by atoms with van der Waals surface area (Å²) in [6.07, 6.45) is 1.79. The first kappa shape index (κ1) is 13.2. The number of carbonyl (C=O) groups excluding carboxylic acids is 1. The van der Waals surface area contributed by atoms with E-state index in [1.54, 1.807) is 13.8 Å². The minimum Gasteiger partial charge on any atom is -0.441 e. The average Bonchev–Trinajstić information content (AvgIpc) is 2.04. The Hall–Kier alpha value is -0.830. The van der Waals surface area contributed by atoms with Crippen LogP contribution in [-0.2, 0) is 9.53 Å². The first-order valence-corrected chi connectivity index (χ1v) is 5.02. The molecule has 0 aromatic carbocycles. The van der Waals surface area contributed by atoms with E-state index in [1.807, 2.05) is 13.8 Å². The van der Waals surface area contributed by atoms with Crippen LogP contribution >= 0.6 is 0 Å². The molecule has 3 nitrogen and oxygen atoms in total. The highest BCUT2D eigenvalue weighted by Crippen LogP contribution is 2.23. The minimum absolute atomic E-state index is 0.186. The van der Waals surface area contributed by atoms with Gasteiger partial charge in [-0.1, -0.05) is 20.4 Å². The molecule has 0 rings (SSSR count). The van der Waals surface area contributed by atoms with Crippen LogP contribution in [-0.4, -0.2) is 11.7 Å². The third-order valence-corrected chi connectivity index (χ3v) is 2.46. The second-order valence-electron chi connectivity index (χ2n) is 3.87. The Morgan fingerprint density at radius 2 is 1.93 bits per heavy atom. The van der Waals surface area contributed by atoms with E-state index >= 15 is 0 Å². The molecular formula is C11H21NO2. The maximum Gasteiger partial charge on any atom is 0.334 e. The third kappa shape index (κ3) is 3.50. The summed E-state index contributed by atoms with van der Waals surface area (Å²) in [6.45, 7) is 10.9. The van der Waals surface area contributed by atoms with Crippen molar-refractivity contribution in [3.05, 3.63) is 12.2 Å². The summed E-state index contributed by atoms with van der Waals surface area (Å²) in [5, 5.41) is 0. The summed E-state index contributed by atoms with van der Waals surface area (Å²) in [5.74, 6) is -0.229. The molecule has 0 saturated heterocycles. The van der Waals surface area contributed by atoms with E-state index in [0.717, 1.165) is 12.8 Å². The van der Waals surface area contributed by atoms with Gasteiger partial charge in [0, 0.05) is 11.5 Å². The maximum atomic E-state index is 11.3. The van der Waals surface area contributed by atoms with E-state index in [-0.39, 0.29) is 5.92 Å². The lowest BCUT2D eigenvalue weighted by atomic mass is 9.92. The zero-order valence-electron chi connectivity index (χ0n) is 9.59. The third-order valence-electron chi connectivity index (χ3n) is 2.46. The Morgan fingerprint density at radius 3 is 2.21 bits per heavy atom. The molecule has 0 spiro atoms. The Balaban J connectivity index is 4.46. The van der Waals surface area contributed by atoms with Gasteiger partial charge >= 0.3 is 5.97 Å². The Kier molecular flexibility index (Phi) is 4.85. The number of rotatable bonds is 5. The summed E-state index contributed by atoms with van der Waals surface area (Å²) in [6, 6.07) is 0. The van der Waals surface area contributed by atoms with Crippen LogP contribution in [0.4, 0.5) is 0 Å². The van der Waals surface area contributed by atoms with Gasteiger partial charge in [-0.2, -0.15) is 0 Å². The molecule has 1 atom stereocenters. The van der Waals surface area contributed by atoms with E-state index in [4.69, 9.17) is 10.5 Å². The molecule has 0 heterocycles. The molecule has 0 aliphatic heterocycles. The SMILES string of the molecule is C=C(C)C(=O)OC(C)(N)C(CC)CC. The van der Waals surface area contributed by atoms with Crippen LogP contribution in [0.3, 0.4) is 0 Å². The molecule has 0 aromatic rings. The smallest absolute Gasteiger partial charge is 0.334 e. The van der Waals surface area contributed by atoms with Gasteiger partial charge < -0.3 is 4.74 Å². The van der Waals surface area contributed by atoms with Gasteiger partial charge in [0.2, 0.25) is 0 Å². The molecule has 0 amide bonds. The molecule has 0 saturated carbocycles. The largest absolute Gasteiger partial charge is 0.441 e. The molecular weight excluding hydrogens is 178 g/mol. The number of hydrogen-bond acceptors (Lipinski definition) is 3. The van der Waals surface area contributed by atoms with E-state index < -0.39 is 11.7 Å². The molecule has 0 aliphatic rings. The van der Waals surface area contributed by atoms with Gasteiger partial charge in [-0.15, -0.1) is 0 Å². The number of carbonyl (C=O) groups is 1. The van der Waals surface area contributed by atoms with Crippen molar-refractivity contribution < 1.29 is 9.53 Å². The molecule has 82 valence electrons. The van der Waals surface area contributed by atoms with Crippen molar-refractivity contribution in [3.8, 4) is 0 Å². The fraction of sp³-hybridized carbons (Fsp3) is 0.727. The lowest BCUT2D eigenvalue weighted by Crippen LogP contribution is -2.48. The Labute approximate surface area is 86.3 Å². The number of nitrogens with two attached hydrogens (primary N) is 1. The van der Waals surface area contributed by atoms with Crippen LogP contribution in [0.2, 0.25) is 0 Å². The van der Waals surface area contributed by atoms with Crippen molar-refractivity contribution in [2.45, 2.75) is 46.3 Å². The molecule has 0 bridgehead atoms. The normalized spacial score (nSPS) is 15.0. The zero-order chi connectivity index (χ0) is 11.4. The molecule has 0 fully saturated rings. The second-order valence-corrected chi connectivity index (χ2v) is 3.87. The minimum atomic E-state index is -0.889. The van der Waals surface area contributed by atoms with Gasteiger partial charge in [0.15, 0.2) is 5.72 Å². The fourth-order valence-electron chi connectivity index (χ4n) is 1.47. The van der Waals surface area contributed by atoms with Crippen molar-refractivity contribution in [2.24, 2.45) is 11.7 Å². The molecule has 0 radical (unpaired) electrons. The maximum absolute atomic E-state index is 11.3. The van der Waals surface area contributed by atoms with Gasteiger partial charge in [0.25, 0.3) is 0 Å². The fourth-order valence-corrected chi connectivity index (χ4v) is 1.47. The zero-order valence-corrected chi connectivity index (χ0v) is 9.59. The average molecular weight is 199 g/mol. The van der Waals surface area contributed by atoms with Crippen molar-refractivity contribution in [1.82, 2.24) is 0 Å². The molecule has 2 N–H and O–H groups in total. The van der Waals surface area contributed by atoms with Crippen molar-refractivity contribution >= 4 is 5.97 Å². The number of esters is 1. The van der Waals surface area contributed by atoms with Crippen molar-refractivity contribution in [3.63, 3.8) is 0 Å². The van der Waals surface area contributed by atoms with Crippen LogP contribution < -0.4 is 5.73 Å². The molecule has 1 unspecified atom stereocenters. The summed E-state index contributed by atoms with van der Waals surface area (Å²) in [7, 11) is 0. The van der Waals surface area contributed by atoms with E-state index in [0.29, 0.717) is 5.57 Å². The first-order valence-electron chi connectivity index (χ1n) is 5.02. The topological polar surface area (TPSA) is 52.3 Å².